The van der Waals surface area contributed by atoms with Gasteiger partial charge in [0.2, 0.25) is 0 Å². The number of carbonyl (C=O) groups is 1. The minimum atomic E-state index is -4.48. The first-order chi connectivity index (χ1) is 10.8. The Hall–Kier alpha value is -2.64. The second-order valence-corrected chi connectivity index (χ2v) is 5.08. The molecule has 0 saturated carbocycles. The van der Waals surface area contributed by atoms with Crippen molar-refractivity contribution in [1.82, 2.24) is 15.3 Å². The highest BCUT2D eigenvalue weighted by molar-refractivity contribution is 5.92. The second kappa shape index (κ2) is 6.64. The van der Waals surface area contributed by atoms with E-state index in [1.807, 2.05) is 0 Å². The van der Waals surface area contributed by atoms with Crippen molar-refractivity contribution in [3.8, 4) is 0 Å². The minimum Gasteiger partial charge on any atom is -0.348 e. The van der Waals surface area contributed by atoms with Gasteiger partial charge in [0.25, 0.3) is 5.91 Å². The van der Waals surface area contributed by atoms with E-state index in [2.05, 4.69) is 20.6 Å². The number of halogens is 3. The monoisotopic (exact) mass is 324 g/mol. The Kier molecular flexibility index (Phi) is 4.83. The highest BCUT2D eigenvalue weighted by Gasteiger charge is 2.33. The summed E-state index contributed by atoms with van der Waals surface area (Å²) in [6.45, 7) is 3.60. The molecule has 0 saturated heterocycles. The van der Waals surface area contributed by atoms with Crippen molar-refractivity contribution in [2.24, 2.45) is 0 Å². The summed E-state index contributed by atoms with van der Waals surface area (Å²) >= 11 is 0. The molecule has 0 bridgehead atoms. The summed E-state index contributed by atoms with van der Waals surface area (Å²) in [6.07, 6.45) is -2.06. The Morgan fingerprint density at radius 1 is 1.13 bits per heavy atom. The Labute approximate surface area is 131 Å². The molecule has 0 aliphatic rings. The number of para-hydroxylation sites is 1. The number of amides is 1. The minimum absolute atomic E-state index is 0.0548. The lowest BCUT2D eigenvalue weighted by Crippen LogP contribution is -2.30. The Morgan fingerprint density at radius 2 is 1.83 bits per heavy atom. The SMILES string of the molecule is CC(C)NC(=O)c1cnc(Nc2ccccc2C(F)(F)F)cn1. The molecule has 0 atom stereocenters. The predicted octanol–water partition coefficient (Wildman–Crippen LogP) is 3.38. The lowest BCUT2D eigenvalue weighted by Gasteiger charge is -2.13. The molecule has 1 heterocycles. The van der Waals surface area contributed by atoms with Gasteiger partial charge in [-0.15, -0.1) is 0 Å². The maximum atomic E-state index is 12.9. The number of nitrogens with zero attached hydrogens (tertiary/aromatic N) is 2. The fourth-order valence-electron chi connectivity index (χ4n) is 1.82. The standard InChI is InChI=1S/C15H15F3N4O/c1-9(2)21-14(23)12-7-20-13(8-19-12)22-11-6-4-3-5-10(11)15(16,17)18/h3-9H,1-2H3,(H,20,22)(H,21,23). The first-order valence-electron chi connectivity index (χ1n) is 6.83. The summed E-state index contributed by atoms with van der Waals surface area (Å²) < 4.78 is 38.7. The van der Waals surface area contributed by atoms with Crippen LogP contribution in [0.1, 0.15) is 29.9 Å². The maximum Gasteiger partial charge on any atom is 0.418 e. The second-order valence-electron chi connectivity index (χ2n) is 5.08. The molecule has 1 aromatic carbocycles. The number of alkyl halides is 3. The molecule has 23 heavy (non-hydrogen) atoms. The summed E-state index contributed by atoms with van der Waals surface area (Å²) in [5, 5.41) is 5.21. The zero-order valence-electron chi connectivity index (χ0n) is 12.5. The molecule has 2 rings (SSSR count). The van der Waals surface area contributed by atoms with E-state index in [4.69, 9.17) is 0 Å². The number of nitrogens with one attached hydrogen (secondary N) is 2. The van der Waals surface area contributed by atoms with Crippen molar-refractivity contribution >= 4 is 17.4 Å². The average Bonchev–Trinajstić information content (AvgIpc) is 2.46. The molecule has 1 aromatic heterocycles. The summed E-state index contributed by atoms with van der Waals surface area (Å²) in [4.78, 5) is 19.6. The number of hydrogen-bond donors (Lipinski definition) is 2. The van der Waals surface area contributed by atoms with Gasteiger partial charge in [-0.2, -0.15) is 13.2 Å². The number of carbonyl (C=O) groups excluding carboxylic acids is 1. The number of anilines is 2. The quantitative estimate of drug-likeness (QED) is 0.905. The van der Waals surface area contributed by atoms with Crippen LogP contribution in [0, 0.1) is 0 Å². The largest absolute Gasteiger partial charge is 0.418 e. The zero-order chi connectivity index (χ0) is 17.0. The summed E-state index contributed by atoms with van der Waals surface area (Å²) in [5.41, 5.74) is -0.842. The molecule has 0 aliphatic heterocycles. The first-order valence-corrected chi connectivity index (χ1v) is 6.83. The van der Waals surface area contributed by atoms with Gasteiger partial charge in [-0.05, 0) is 26.0 Å². The average molecular weight is 324 g/mol. The van der Waals surface area contributed by atoms with Crippen LogP contribution in [0.3, 0.4) is 0 Å². The third-order valence-corrected chi connectivity index (χ3v) is 2.80. The van der Waals surface area contributed by atoms with Crippen molar-refractivity contribution in [1.29, 1.82) is 0 Å². The van der Waals surface area contributed by atoms with Crippen molar-refractivity contribution in [2.45, 2.75) is 26.1 Å². The van der Waals surface area contributed by atoms with Gasteiger partial charge >= 0.3 is 6.18 Å². The molecule has 0 spiro atoms. The third-order valence-electron chi connectivity index (χ3n) is 2.80. The molecule has 1 amide bonds. The molecular formula is C15H15F3N4O. The van der Waals surface area contributed by atoms with Crippen molar-refractivity contribution in [3.63, 3.8) is 0 Å². The van der Waals surface area contributed by atoms with Crippen LogP contribution in [0.25, 0.3) is 0 Å². The molecule has 0 unspecified atom stereocenters. The molecule has 0 aliphatic carbocycles. The van der Waals surface area contributed by atoms with E-state index in [-0.39, 0.29) is 23.2 Å². The lowest BCUT2D eigenvalue weighted by molar-refractivity contribution is -0.136. The molecule has 122 valence electrons. The highest BCUT2D eigenvalue weighted by atomic mass is 19.4. The number of rotatable bonds is 4. The molecule has 2 N–H and O–H groups in total. The Balaban J connectivity index is 2.18. The van der Waals surface area contributed by atoms with Crippen LogP contribution in [-0.4, -0.2) is 21.9 Å². The van der Waals surface area contributed by atoms with E-state index in [0.717, 1.165) is 6.07 Å². The van der Waals surface area contributed by atoms with Gasteiger partial charge in [0.05, 0.1) is 23.6 Å². The molecule has 0 radical (unpaired) electrons. The normalized spacial score (nSPS) is 11.4. The van der Waals surface area contributed by atoms with Crippen LogP contribution < -0.4 is 10.6 Å². The number of hydrogen-bond acceptors (Lipinski definition) is 4. The molecular weight excluding hydrogens is 309 g/mol. The Bertz CT molecular complexity index is 684. The van der Waals surface area contributed by atoms with Gasteiger partial charge in [0, 0.05) is 6.04 Å². The van der Waals surface area contributed by atoms with E-state index in [9.17, 15) is 18.0 Å². The van der Waals surface area contributed by atoms with E-state index in [1.54, 1.807) is 13.8 Å². The van der Waals surface area contributed by atoms with Crippen LogP contribution in [0.4, 0.5) is 24.7 Å². The van der Waals surface area contributed by atoms with E-state index >= 15 is 0 Å². The Morgan fingerprint density at radius 3 is 2.39 bits per heavy atom. The fraction of sp³-hybridized carbons (Fsp3) is 0.267. The van der Waals surface area contributed by atoms with Gasteiger partial charge in [0.15, 0.2) is 0 Å². The van der Waals surface area contributed by atoms with E-state index in [1.165, 1.54) is 30.6 Å². The van der Waals surface area contributed by atoms with E-state index < -0.39 is 17.6 Å². The van der Waals surface area contributed by atoms with Crippen LogP contribution in [0.15, 0.2) is 36.7 Å². The van der Waals surface area contributed by atoms with Gasteiger partial charge in [-0.3, -0.25) is 4.79 Å². The van der Waals surface area contributed by atoms with Crippen molar-refractivity contribution in [3.05, 3.63) is 47.9 Å². The van der Waals surface area contributed by atoms with Crippen LogP contribution in [0.5, 0.6) is 0 Å². The molecule has 0 fully saturated rings. The topological polar surface area (TPSA) is 66.9 Å². The smallest absolute Gasteiger partial charge is 0.348 e. The van der Waals surface area contributed by atoms with Gasteiger partial charge in [0.1, 0.15) is 11.5 Å². The first kappa shape index (κ1) is 16.7. The van der Waals surface area contributed by atoms with E-state index in [0.29, 0.717) is 0 Å². The summed E-state index contributed by atoms with van der Waals surface area (Å²) in [7, 11) is 0. The van der Waals surface area contributed by atoms with Crippen LogP contribution in [0.2, 0.25) is 0 Å². The van der Waals surface area contributed by atoms with Gasteiger partial charge in [-0.25, -0.2) is 9.97 Å². The fourth-order valence-corrected chi connectivity index (χ4v) is 1.82. The number of benzene rings is 1. The maximum absolute atomic E-state index is 12.9. The summed E-state index contributed by atoms with van der Waals surface area (Å²) in [5.74, 6) is -0.280. The van der Waals surface area contributed by atoms with Gasteiger partial charge < -0.3 is 10.6 Å². The van der Waals surface area contributed by atoms with Crippen LogP contribution in [-0.2, 0) is 6.18 Å². The lowest BCUT2D eigenvalue weighted by atomic mass is 10.1. The predicted molar refractivity (Wildman–Crippen MR) is 79.4 cm³/mol. The zero-order valence-corrected chi connectivity index (χ0v) is 12.5. The van der Waals surface area contributed by atoms with Crippen molar-refractivity contribution in [2.75, 3.05) is 5.32 Å². The van der Waals surface area contributed by atoms with Crippen LogP contribution >= 0.6 is 0 Å². The van der Waals surface area contributed by atoms with Gasteiger partial charge in [-0.1, -0.05) is 12.1 Å². The van der Waals surface area contributed by atoms with Crippen molar-refractivity contribution < 1.29 is 18.0 Å². The third kappa shape index (κ3) is 4.41. The molecule has 2 aromatic rings. The summed E-state index contributed by atoms with van der Waals surface area (Å²) in [6, 6.07) is 5.00. The molecule has 8 heteroatoms. The highest BCUT2D eigenvalue weighted by Crippen LogP contribution is 2.35. The number of aromatic nitrogens is 2. The molecule has 5 nitrogen and oxygen atoms in total.